The van der Waals surface area contributed by atoms with E-state index < -0.39 is 0 Å². The summed E-state index contributed by atoms with van der Waals surface area (Å²) in [4.78, 5) is 0. The fourth-order valence-electron chi connectivity index (χ4n) is 0.409. The Morgan fingerprint density at radius 1 is 1.75 bits per heavy atom. The second-order valence-corrected chi connectivity index (χ2v) is 1.91. The highest BCUT2D eigenvalue weighted by atomic mass is 16.3. The van der Waals surface area contributed by atoms with Crippen LogP contribution in [-0.4, -0.2) is 30.8 Å². The van der Waals surface area contributed by atoms with E-state index >= 15 is 0 Å². The van der Waals surface area contributed by atoms with Crippen LogP contribution in [0.3, 0.4) is 0 Å². The maximum atomic E-state index is 8.28. The molecule has 0 aromatic carbocycles. The number of nitrogens with two attached hydrogens (primary N) is 1. The monoisotopic (exact) mass is 118 g/mol. The van der Waals surface area contributed by atoms with Gasteiger partial charge in [0.25, 0.3) is 0 Å². The first-order valence-electron chi connectivity index (χ1n) is 2.84. The molecule has 0 saturated heterocycles. The highest BCUT2D eigenvalue weighted by molar-refractivity contribution is 4.55. The van der Waals surface area contributed by atoms with Crippen LogP contribution in [-0.2, 0) is 0 Å². The predicted octanol–water partition coefficient (Wildman–Crippen LogP) is -1.08. The molecular weight excluding hydrogens is 104 g/mol. The van der Waals surface area contributed by atoms with Gasteiger partial charge in [-0.25, -0.2) is 0 Å². The number of nitrogens with one attached hydrogen (secondary N) is 1. The Bertz CT molecular complexity index is 47.7. The van der Waals surface area contributed by atoms with Gasteiger partial charge in [0.1, 0.15) is 0 Å². The Kier molecular flexibility index (Phi) is 4.95. The fourth-order valence-corrected chi connectivity index (χ4v) is 0.409. The number of hydrogen-bond donors (Lipinski definition) is 3. The SMILES string of the molecule is C[C@H](N)CNCCO. The fraction of sp³-hybridized carbons (Fsp3) is 1.00. The Hall–Kier alpha value is -0.120. The van der Waals surface area contributed by atoms with Crippen molar-refractivity contribution in [1.29, 1.82) is 0 Å². The molecule has 0 spiro atoms. The van der Waals surface area contributed by atoms with E-state index in [1.807, 2.05) is 6.92 Å². The normalized spacial score (nSPS) is 13.9. The summed E-state index contributed by atoms with van der Waals surface area (Å²) in [5.41, 5.74) is 5.39. The van der Waals surface area contributed by atoms with Crippen molar-refractivity contribution in [3.05, 3.63) is 0 Å². The van der Waals surface area contributed by atoms with Crippen molar-refractivity contribution in [3.63, 3.8) is 0 Å². The molecule has 0 heterocycles. The van der Waals surface area contributed by atoms with Crippen LogP contribution in [0.1, 0.15) is 6.92 Å². The number of aliphatic hydroxyl groups is 1. The van der Waals surface area contributed by atoms with Crippen molar-refractivity contribution in [3.8, 4) is 0 Å². The van der Waals surface area contributed by atoms with Gasteiger partial charge in [-0.2, -0.15) is 0 Å². The Balaban J connectivity index is 2.72. The molecule has 0 aliphatic rings. The molecule has 50 valence electrons. The van der Waals surface area contributed by atoms with Gasteiger partial charge >= 0.3 is 0 Å². The predicted molar refractivity (Wildman–Crippen MR) is 33.6 cm³/mol. The highest BCUT2D eigenvalue weighted by Gasteiger charge is 1.89. The van der Waals surface area contributed by atoms with Gasteiger partial charge in [-0.15, -0.1) is 0 Å². The van der Waals surface area contributed by atoms with Gasteiger partial charge < -0.3 is 16.2 Å². The maximum Gasteiger partial charge on any atom is 0.0555 e. The molecular formula is C5H14N2O. The van der Waals surface area contributed by atoms with Crippen LogP contribution in [0.4, 0.5) is 0 Å². The average molecular weight is 118 g/mol. The molecule has 3 nitrogen and oxygen atoms in total. The smallest absolute Gasteiger partial charge is 0.0555 e. The topological polar surface area (TPSA) is 58.3 Å². The van der Waals surface area contributed by atoms with Crippen molar-refractivity contribution in [1.82, 2.24) is 5.32 Å². The summed E-state index contributed by atoms with van der Waals surface area (Å²) in [5.74, 6) is 0. The van der Waals surface area contributed by atoms with Gasteiger partial charge in [0.05, 0.1) is 6.61 Å². The van der Waals surface area contributed by atoms with Gasteiger partial charge in [0.15, 0.2) is 0 Å². The van der Waals surface area contributed by atoms with Crippen LogP contribution in [0, 0.1) is 0 Å². The van der Waals surface area contributed by atoms with E-state index in [2.05, 4.69) is 5.32 Å². The quantitative estimate of drug-likeness (QED) is 0.411. The van der Waals surface area contributed by atoms with Gasteiger partial charge in [-0.3, -0.25) is 0 Å². The van der Waals surface area contributed by atoms with Gasteiger partial charge in [0.2, 0.25) is 0 Å². The van der Waals surface area contributed by atoms with Crippen molar-refractivity contribution < 1.29 is 5.11 Å². The maximum absolute atomic E-state index is 8.28. The van der Waals surface area contributed by atoms with Crippen LogP contribution < -0.4 is 11.1 Å². The van der Waals surface area contributed by atoms with Crippen LogP contribution in [0.25, 0.3) is 0 Å². The Morgan fingerprint density at radius 3 is 2.75 bits per heavy atom. The molecule has 4 N–H and O–H groups in total. The molecule has 1 atom stereocenters. The zero-order valence-electron chi connectivity index (χ0n) is 5.22. The molecule has 0 amide bonds. The molecule has 0 aliphatic heterocycles. The first-order chi connectivity index (χ1) is 3.77. The summed E-state index contributed by atoms with van der Waals surface area (Å²) in [6.07, 6.45) is 0. The molecule has 8 heavy (non-hydrogen) atoms. The largest absolute Gasteiger partial charge is 0.395 e. The summed E-state index contributed by atoms with van der Waals surface area (Å²) in [5, 5.41) is 11.2. The molecule has 0 aromatic rings. The lowest BCUT2D eigenvalue weighted by Gasteiger charge is -2.03. The van der Waals surface area contributed by atoms with E-state index in [-0.39, 0.29) is 12.6 Å². The van der Waals surface area contributed by atoms with Crippen molar-refractivity contribution in [2.24, 2.45) is 5.73 Å². The molecule has 0 bridgehead atoms. The summed E-state index contributed by atoms with van der Waals surface area (Å²) in [7, 11) is 0. The Morgan fingerprint density at radius 2 is 2.38 bits per heavy atom. The molecule has 3 heteroatoms. The van der Waals surface area contributed by atoms with E-state index in [0.29, 0.717) is 6.54 Å². The zero-order valence-corrected chi connectivity index (χ0v) is 5.22. The first kappa shape index (κ1) is 7.88. The van der Waals surface area contributed by atoms with Crippen molar-refractivity contribution in [2.45, 2.75) is 13.0 Å². The summed E-state index contributed by atoms with van der Waals surface area (Å²) in [6.45, 7) is 3.53. The number of hydrogen-bond acceptors (Lipinski definition) is 3. The second-order valence-electron chi connectivity index (χ2n) is 1.91. The molecule has 0 rings (SSSR count). The van der Waals surface area contributed by atoms with E-state index in [1.54, 1.807) is 0 Å². The standard InChI is InChI=1S/C5H14N2O/c1-5(6)4-7-2-3-8/h5,7-8H,2-4,6H2,1H3/t5-/m0/s1. The lowest BCUT2D eigenvalue weighted by Crippen LogP contribution is -2.32. The van der Waals surface area contributed by atoms with Crippen molar-refractivity contribution in [2.75, 3.05) is 19.7 Å². The van der Waals surface area contributed by atoms with Gasteiger partial charge in [-0.1, -0.05) is 0 Å². The molecule has 0 aliphatic carbocycles. The summed E-state index contributed by atoms with van der Waals surface area (Å²) >= 11 is 0. The van der Waals surface area contributed by atoms with Crippen LogP contribution in [0.2, 0.25) is 0 Å². The lowest BCUT2D eigenvalue weighted by molar-refractivity contribution is 0.291. The second kappa shape index (κ2) is 5.03. The third-order valence-corrected chi connectivity index (χ3v) is 0.755. The lowest BCUT2D eigenvalue weighted by atomic mass is 10.4. The van der Waals surface area contributed by atoms with Crippen LogP contribution >= 0.6 is 0 Å². The summed E-state index contributed by atoms with van der Waals surface area (Å²) in [6, 6.07) is 0.182. The molecule has 0 saturated carbocycles. The third-order valence-electron chi connectivity index (χ3n) is 0.755. The molecule has 0 aromatic heterocycles. The zero-order chi connectivity index (χ0) is 6.41. The van der Waals surface area contributed by atoms with Gasteiger partial charge in [0, 0.05) is 19.1 Å². The van der Waals surface area contributed by atoms with Crippen LogP contribution in [0.5, 0.6) is 0 Å². The minimum atomic E-state index is 0.182. The van der Waals surface area contributed by atoms with Crippen LogP contribution in [0.15, 0.2) is 0 Å². The molecule has 0 fully saturated rings. The third kappa shape index (κ3) is 5.88. The van der Waals surface area contributed by atoms with E-state index in [0.717, 1.165) is 6.54 Å². The average Bonchev–Trinajstić information content (AvgIpc) is 1.66. The minimum absolute atomic E-state index is 0.182. The van der Waals surface area contributed by atoms with Crippen molar-refractivity contribution >= 4 is 0 Å². The first-order valence-corrected chi connectivity index (χ1v) is 2.84. The van der Waals surface area contributed by atoms with E-state index in [9.17, 15) is 0 Å². The number of rotatable bonds is 4. The molecule has 0 radical (unpaired) electrons. The summed E-state index contributed by atoms with van der Waals surface area (Å²) < 4.78 is 0. The minimum Gasteiger partial charge on any atom is -0.395 e. The number of aliphatic hydroxyl groups excluding tert-OH is 1. The molecule has 0 unspecified atom stereocenters. The highest BCUT2D eigenvalue weighted by Crippen LogP contribution is 1.67. The Labute approximate surface area is 49.9 Å². The van der Waals surface area contributed by atoms with E-state index in [4.69, 9.17) is 10.8 Å². The van der Waals surface area contributed by atoms with E-state index in [1.165, 1.54) is 0 Å². The van der Waals surface area contributed by atoms with Gasteiger partial charge in [-0.05, 0) is 6.92 Å².